The molecule has 0 aromatic rings. The molecular weight excluding hydrogens is 434 g/mol. The number of aliphatic hydroxyl groups is 3. The lowest BCUT2D eigenvalue weighted by molar-refractivity contribution is -0.234. The van der Waals surface area contributed by atoms with E-state index in [0.29, 0.717) is 12.8 Å². The topological polar surface area (TPSA) is 96.2 Å². The average Bonchev–Trinajstić information content (AvgIpc) is 3.24. The maximum atomic E-state index is 17.2. The lowest BCUT2D eigenvalue weighted by Crippen LogP contribution is -2.71. The van der Waals surface area contributed by atoms with Crippen molar-refractivity contribution in [2.75, 3.05) is 6.61 Å². The Morgan fingerprint density at radius 2 is 1.97 bits per heavy atom. The van der Waals surface area contributed by atoms with Crippen LogP contribution in [0.4, 0.5) is 8.78 Å². The van der Waals surface area contributed by atoms with Gasteiger partial charge in [0.05, 0.1) is 18.3 Å². The summed E-state index contributed by atoms with van der Waals surface area (Å²) in [6.07, 6.45) is 0.387. The molecule has 5 rings (SSSR count). The van der Waals surface area contributed by atoms with Gasteiger partial charge < -0.3 is 24.8 Å². The lowest BCUT2D eigenvalue weighted by Gasteiger charge is -2.63. The normalized spacial score (nSPS) is 54.8. The van der Waals surface area contributed by atoms with Crippen molar-refractivity contribution in [2.24, 2.45) is 22.7 Å². The molecule has 5 aliphatic rings. The molecule has 3 N–H and O–H groups in total. The number of ether oxygens (including phenoxy) is 2. The summed E-state index contributed by atoms with van der Waals surface area (Å²) in [7, 11) is 0. The van der Waals surface area contributed by atoms with Crippen molar-refractivity contribution in [2.45, 2.75) is 94.9 Å². The van der Waals surface area contributed by atoms with Gasteiger partial charge in [-0.2, -0.15) is 0 Å². The van der Waals surface area contributed by atoms with Crippen molar-refractivity contribution >= 4 is 5.78 Å². The Morgan fingerprint density at radius 1 is 1.24 bits per heavy atom. The van der Waals surface area contributed by atoms with Crippen molar-refractivity contribution in [1.29, 1.82) is 0 Å². The van der Waals surface area contributed by atoms with Gasteiger partial charge in [-0.15, -0.1) is 0 Å². The number of allylic oxidation sites excluding steroid dienone is 2. The number of carbonyl (C=O) groups is 1. The fourth-order valence-corrected chi connectivity index (χ4v) is 8.12. The molecule has 0 aromatic carbocycles. The second-order valence-electron chi connectivity index (χ2n) is 11.0. The minimum atomic E-state index is -2.19. The molecule has 184 valence electrons. The number of carbonyl (C=O) groups excluding carboxylic acids is 1. The molecule has 2 unspecified atom stereocenters. The average molecular weight is 469 g/mol. The summed E-state index contributed by atoms with van der Waals surface area (Å²) >= 11 is 0. The first kappa shape index (κ1) is 23.5. The van der Waals surface area contributed by atoms with Crippen LogP contribution in [0.5, 0.6) is 0 Å². The number of rotatable bonds is 4. The zero-order valence-electron chi connectivity index (χ0n) is 19.3. The molecule has 0 radical (unpaired) electrons. The zero-order valence-corrected chi connectivity index (χ0v) is 19.3. The molecule has 1 saturated heterocycles. The first-order chi connectivity index (χ1) is 15.5. The van der Waals surface area contributed by atoms with E-state index in [0.717, 1.165) is 6.42 Å². The molecule has 4 aliphatic carbocycles. The van der Waals surface area contributed by atoms with Gasteiger partial charge in [0.2, 0.25) is 0 Å². The van der Waals surface area contributed by atoms with Crippen LogP contribution in [0.2, 0.25) is 0 Å². The van der Waals surface area contributed by atoms with Gasteiger partial charge >= 0.3 is 0 Å². The summed E-state index contributed by atoms with van der Waals surface area (Å²) in [5, 5.41) is 31.3. The van der Waals surface area contributed by atoms with Crippen LogP contribution in [-0.2, 0) is 14.3 Å². The first-order valence-electron chi connectivity index (χ1n) is 12.1. The second kappa shape index (κ2) is 7.40. The third-order valence-electron chi connectivity index (χ3n) is 9.60. The largest absolute Gasteiger partial charge is 0.390 e. The Morgan fingerprint density at radius 3 is 2.64 bits per heavy atom. The number of ketones is 1. The minimum absolute atomic E-state index is 0.0780. The van der Waals surface area contributed by atoms with Crippen molar-refractivity contribution in [3.8, 4) is 0 Å². The highest BCUT2D eigenvalue weighted by molar-refractivity contribution is 5.91. The number of halogens is 2. The molecule has 0 amide bonds. The lowest BCUT2D eigenvalue weighted by atomic mass is 9.44. The van der Waals surface area contributed by atoms with E-state index in [1.54, 1.807) is 13.8 Å². The van der Waals surface area contributed by atoms with Crippen LogP contribution >= 0.6 is 0 Å². The Bertz CT molecular complexity index is 907. The quantitative estimate of drug-likeness (QED) is 0.549. The number of Topliss-reactive ketones (excluding diaryl/α,β-unsaturated/α-hetero) is 1. The van der Waals surface area contributed by atoms with E-state index in [1.165, 1.54) is 18.2 Å². The smallest absolute Gasteiger partial charge is 0.193 e. The Kier molecular flexibility index (Phi) is 5.28. The molecule has 11 atom stereocenters. The van der Waals surface area contributed by atoms with Crippen molar-refractivity contribution < 1.29 is 38.4 Å². The molecular formula is C25H34F2O6. The Balaban J connectivity index is 1.61. The van der Waals surface area contributed by atoms with Gasteiger partial charge in [-0.05, 0) is 50.2 Å². The molecule has 3 saturated carbocycles. The molecule has 4 fully saturated rings. The highest BCUT2D eigenvalue weighted by atomic mass is 19.1. The van der Waals surface area contributed by atoms with Crippen molar-refractivity contribution in [3.05, 3.63) is 23.8 Å². The van der Waals surface area contributed by atoms with Gasteiger partial charge in [0.25, 0.3) is 0 Å². The van der Waals surface area contributed by atoms with Crippen molar-refractivity contribution in [1.82, 2.24) is 0 Å². The molecule has 1 heterocycles. The standard InChI is InChI=1S/C25H34F2O6/c1-4-5-21-32-20-10-14-15-9-17(26)16-8-13(29)6-7-22(16,2)24(15,27)18(30)11-23(14,3)25(20,33-21)19(31)12-28/h6-8,13-15,17-18,20-21,28-30H,4-5,9-12H2,1-3H3/t13?,14-,15-,17-,18-,20+,21?,22-,23-,24-,25+/m0/s1. The molecule has 33 heavy (non-hydrogen) atoms. The van der Waals surface area contributed by atoms with E-state index < -0.39 is 77.1 Å². The maximum Gasteiger partial charge on any atom is 0.193 e. The number of hydrogen-bond donors (Lipinski definition) is 3. The number of aliphatic hydroxyl groups excluding tert-OH is 3. The van der Waals surface area contributed by atoms with Crippen LogP contribution in [0, 0.1) is 22.7 Å². The summed E-state index contributed by atoms with van der Waals surface area (Å²) in [5.41, 5.74) is -5.99. The molecule has 0 aromatic heterocycles. The van der Waals surface area contributed by atoms with Crippen LogP contribution in [0.15, 0.2) is 23.8 Å². The fourth-order valence-electron chi connectivity index (χ4n) is 8.12. The minimum Gasteiger partial charge on any atom is -0.390 e. The monoisotopic (exact) mass is 468 g/mol. The van der Waals surface area contributed by atoms with Gasteiger partial charge in [0.1, 0.15) is 12.8 Å². The summed E-state index contributed by atoms with van der Waals surface area (Å²) in [4.78, 5) is 13.2. The van der Waals surface area contributed by atoms with Gasteiger partial charge in [-0.3, -0.25) is 4.79 Å². The van der Waals surface area contributed by atoms with Crippen molar-refractivity contribution in [3.63, 3.8) is 0 Å². The van der Waals surface area contributed by atoms with E-state index in [4.69, 9.17) is 9.47 Å². The summed E-state index contributed by atoms with van der Waals surface area (Å²) in [5.74, 6) is -1.92. The third kappa shape index (κ3) is 2.67. The predicted octanol–water partition coefficient (Wildman–Crippen LogP) is 2.55. The predicted molar refractivity (Wildman–Crippen MR) is 114 cm³/mol. The summed E-state index contributed by atoms with van der Waals surface area (Å²) < 4.78 is 45.1. The molecule has 1 aliphatic heterocycles. The second-order valence-corrected chi connectivity index (χ2v) is 11.0. The Hall–Kier alpha value is -1.19. The highest BCUT2D eigenvalue weighted by Gasteiger charge is 2.79. The number of fused-ring (bicyclic) bond motifs is 7. The fraction of sp³-hybridized carbons (Fsp3) is 0.800. The maximum absolute atomic E-state index is 17.2. The summed E-state index contributed by atoms with van der Waals surface area (Å²) in [6, 6.07) is 0. The van der Waals surface area contributed by atoms with E-state index >= 15 is 8.78 Å². The van der Waals surface area contributed by atoms with E-state index in [2.05, 4.69) is 0 Å². The molecule has 0 spiro atoms. The number of hydrogen-bond acceptors (Lipinski definition) is 6. The third-order valence-corrected chi connectivity index (χ3v) is 9.60. The molecule has 6 nitrogen and oxygen atoms in total. The van der Waals surface area contributed by atoms with Crippen LogP contribution in [0.3, 0.4) is 0 Å². The van der Waals surface area contributed by atoms with E-state index in [1.807, 2.05) is 6.92 Å². The highest BCUT2D eigenvalue weighted by Crippen LogP contribution is 2.72. The van der Waals surface area contributed by atoms with Crippen LogP contribution in [0.1, 0.15) is 52.9 Å². The molecule has 8 heteroatoms. The SMILES string of the molecule is CCCC1O[C@@H]2C[C@H]3[C@@H]4C[C@H](F)C5=CC(O)C=C[C@]5(C)[C@@]4(F)[C@@H](O)C[C@]3(C)[C@]2(C(=O)CO)O1. The van der Waals surface area contributed by atoms with Crippen LogP contribution in [-0.4, -0.2) is 69.8 Å². The zero-order chi connectivity index (χ0) is 24.0. The van der Waals surface area contributed by atoms with Gasteiger partial charge in [-0.25, -0.2) is 8.78 Å². The van der Waals surface area contributed by atoms with E-state index in [-0.39, 0.29) is 18.4 Å². The van der Waals surface area contributed by atoms with Gasteiger partial charge in [0, 0.05) is 16.7 Å². The van der Waals surface area contributed by atoms with Crippen LogP contribution in [0.25, 0.3) is 0 Å². The molecule has 0 bridgehead atoms. The van der Waals surface area contributed by atoms with Gasteiger partial charge in [-0.1, -0.05) is 32.4 Å². The Labute approximate surface area is 192 Å². The first-order valence-corrected chi connectivity index (χ1v) is 12.1. The van der Waals surface area contributed by atoms with Gasteiger partial charge in [0.15, 0.2) is 23.3 Å². The number of alkyl halides is 2. The van der Waals surface area contributed by atoms with E-state index in [9.17, 15) is 20.1 Å². The summed E-state index contributed by atoms with van der Waals surface area (Å²) in [6.45, 7) is 4.60. The van der Waals surface area contributed by atoms with Crippen LogP contribution < -0.4 is 0 Å².